The van der Waals surface area contributed by atoms with Gasteiger partial charge in [-0.1, -0.05) is 24.3 Å². The number of nitrogens with zero attached hydrogens (tertiary/aromatic N) is 1. The lowest BCUT2D eigenvalue weighted by molar-refractivity contribution is -0.137. The van der Waals surface area contributed by atoms with Gasteiger partial charge in [0, 0.05) is 0 Å². The second-order valence-corrected chi connectivity index (χ2v) is 6.80. The number of aliphatic hydroxyl groups excluding tert-OH is 1. The third kappa shape index (κ3) is 2.52. The van der Waals surface area contributed by atoms with Gasteiger partial charge in [-0.2, -0.15) is 0 Å². The minimum atomic E-state index is -0.582. The van der Waals surface area contributed by atoms with Crippen LogP contribution in [0.1, 0.15) is 35.1 Å². The van der Waals surface area contributed by atoms with Gasteiger partial charge in [-0.3, -0.25) is 4.79 Å². The molecule has 4 nitrogen and oxygen atoms in total. The number of rotatable bonds is 2. The van der Waals surface area contributed by atoms with Crippen molar-refractivity contribution in [2.24, 2.45) is 0 Å². The lowest BCUT2D eigenvalue weighted by Crippen LogP contribution is -2.26. The summed E-state index contributed by atoms with van der Waals surface area (Å²) in [5, 5.41) is 10.4. The van der Waals surface area contributed by atoms with E-state index in [1.54, 1.807) is 13.0 Å². The molecule has 0 aliphatic carbocycles. The zero-order valence-corrected chi connectivity index (χ0v) is 13.3. The summed E-state index contributed by atoms with van der Waals surface area (Å²) in [6, 6.07) is 13.4. The zero-order valence-electron chi connectivity index (χ0n) is 12.5. The minimum Gasteiger partial charge on any atom is -0.426 e. The lowest BCUT2D eigenvalue weighted by atomic mass is 9.95. The number of hydrogen-bond donors (Lipinski definition) is 1. The molecule has 2 atom stereocenters. The van der Waals surface area contributed by atoms with Crippen LogP contribution in [0, 0.1) is 0 Å². The molecule has 2 unspecified atom stereocenters. The first-order valence-electron chi connectivity index (χ1n) is 7.50. The number of carbonyl (C=O) groups is 1. The molecule has 1 aliphatic rings. The van der Waals surface area contributed by atoms with E-state index in [1.807, 2.05) is 36.4 Å². The van der Waals surface area contributed by atoms with E-state index in [9.17, 15) is 9.90 Å². The van der Waals surface area contributed by atoms with Gasteiger partial charge in [-0.05, 0) is 42.7 Å². The van der Waals surface area contributed by atoms with Gasteiger partial charge in [-0.25, -0.2) is 4.98 Å². The highest BCUT2D eigenvalue weighted by molar-refractivity contribution is 7.18. The van der Waals surface area contributed by atoms with Gasteiger partial charge in [0.25, 0.3) is 0 Å². The number of benzene rings is 2. The Morgan fingerprint density at radius 3 is 2.91 bits per heavy atom. The minimum absolute atomic E-state index is 0.278. The SMILES string of the molecule is CC(O)c1ccc2c(c1)OC(=O)C(c1nc3ccccc3s1)C2. The maximum atomic E-state index is 12.4. The summed E-state index contributed by atoms with van der Waals surface area (Å²) in [6.45, 7) is 1.69. The second-order valence-electron chi connectivity index (χ2n) is 5.74. The van der Waals surface area contributed by atoms with Crippen LogP contribution in [0.3, 0.4) is 0 Å². The van der Waals surface area contributed by atoms with Crippen LogP contribution in [-0.4, -0.2) is 16.1 Å². The molecule has 0 saturated heterocycles. The Bertz CT molecular complexity index is 867. The van der Waals surface area contributed by atoms with Gasteiger partial charge in [0.2, 0.25) is 0 Å². The fourth-order valence-electron chi connectivity index (χ4n) is 2.80. The second kappa shape index (κ2) is 5.44. The molecule has 1 N–H and O–H groups in total. The standard InChI is InChI=1S/C18H15NO3S/c1-10(20)11-6-7-12-8-13(18(21)22-15(12)9-11)17-19-14-4-2-3-5-16(14)23-17/h2-7,9-10,13,20H,8H2,1H3. The number of para-hydroxylation sites is 1. The molecular weight excluding hydrogens is 310 g/mol. The Kier molecular flexibility index (Phi) is 3.39. The van der Waals surface area contributed by atoms with Crippen LogP contribution in [-0.2, 0) is 11.2 Å². The van der Waals surface area contributed by atoms with E-state index in [4.69, 9.17) is 4.74 Å². The normalized spacial score (nSPS) is 18.5. The third-order valence-corrected chi connectivity index (χ3v) is 5.25. The molecular formula is C18H15NO3S. The number of fused-ring (bicyclic) bond motifs is 2. The maximum Gasteiger partial charge on any atom is 0.321 e. The highest BCUT2D eigenvalue weighted by Gasteiger charge is 2.32. The molecule has 0 bridgehead atoms. The summed E-state index contributed by atoms with van der Waals surface area (Å²) < 4.78 is 6.58. The summed E-state index contributed by atoms with van der Waals surface area (Å²) >= 11 is 1.54. The van der Waals surface area contributed by atoms with Crippen LogP contribution in [0.25, 0.3) is 10.2 Å². The fourth-order valence-corrected chi connectivity index (χ4v) is 3.86. The van der Waals surface area contributed by atoms with Crippen molar-refractivity contribution in [2.75, 3.05) is 0 Å². The zero-order chi connectivity index (χ0) is 16.0. The van der Waals surface area contributed by atoms with E-state index in [-0.39, 0.29) is 11.9 Å². The summed E-state index contributed by atoms with van der Waals surface area (Å²) in [6.07, 6.45) is -0.00496. The number of carbonyl (C=O) groups excluding carboxylic acids is 1. The van der Waals surface area contributed by atoms with Crippen molar-refractivity contribution in [1.29, 1.82) is 0 Å². The molecule has 3 aromatic rings. The Balaban J connectivity index is 1.70. The topological polar surface area (TPSA) is 59.4 Å². The summed E-state index contributed by atoms with van der Waals surface area (Å²) in [4.78, 5) is 17.0. The average molecular weight is 325 g/mol. The van der Waals surface area contributed by atoms with Crippen LogP contribution >= 0.6 is 11.3 Å². The molecule has 4 rings (SSSR count). The van der Waals surface area contributed by atoms with Gasteiger partial charge in [0.05, 0.1) is 16.3 Å². The fraction of sp³-hybridized carbons (Fsp3) is 0.222. The van der Waals surface area contributed by atoms with Gasteiger partial charge < -0.3 is 9.84 Å². The summed E-state index contributed by atoms with van der Waals surface area (Å²) in [5.74, 6) is -0.0950. The average Bonchev–Trinajstić information content (AvgIpc) is 2.97. The Morgan fingerprint density at radius 1 is 1.30 bits per heavy atom. The number of ether oxygens (including phenoxy) is 1. The first kappa shape index (κ1) is 14.4. The lowest BCUT2D eigenvalue weighted by Gasteiger charge is -2.22. The van der Waals surface area contributed by atoms with E-state index in [0.717, 1.165) is 26.4 Å². The van der Waals surface area contributed by atoms with Crippen LogP contribution in [0.5, 0.6) is 5.75 Å². The largest absolute Gasteiger partial charge is 0.426 e. The smallest absolute Gasteiger partial charge is 0.321 e. The van der Waals surface area contributed by atoms with E-state index < -0.39 is 6.10 Å². The first-order chi connectivity index (χ1) is 11.1. The molecule has 0 radical (unpaired) electrons. The number of esters is 1. The van der Waals surface area contributed by atoms with Crippen molar-refractivity contribution in [3.8, 4) is 5.75 Å². The number of thiazole rings is 1. The van der Waals surface area contributed by atoms with Crippen molar-refractivity contribution in [3.05, 3.63) is 58.6 Å². The summed E-state index contributed by atoms with van der Waals surface area (Å²) in [5.41, 5.74) is 2.63. The van der Waals surface area contributed by atoms with E-state index in [2.05, 4.69) is 4.98 Å². The predicted molar refractivity (Wildman–Crippen MR) is 88.8 cm³/mol. The van der Waals surface area contributed by atoms with E-state index >= 15 is 0 Å². The predicted octanol–water partition coefficient (Wildman–Crippen LogP) is 3.59. The third-order valence-electron chi connectivity index (χ3n) is 4.10. The van der Waals surface area contributed by atoms with Crippen LogP contribution in [0.2, 0.25) is 0 Å². The number of aromatic nitrogens is 1. The van der Waals surface area contributed by atoms with Gasteiger partial charge in [0.1, 0.15) is 16.7 Å². The van der Waals surface area contributed by atoms with Crippen LogP contribution < -0.4 is 4.74 Å². The quantitative estimate of drug-likeness (QED) is 0.578. The molecule has 0 spiro atoms. The van der Waals surface area contributed by atoms with Crippen molar-refractivity contribution in [2.45, 2.75) is 25.4 Å². The molecule has 2 heterocycles. The maximum absolute atomic E-state index is 12.4. The van der Waals surface area contributed by atoms with Gasteiger partial charge in [0.15, 0.2) is 0 Å². The molecule has 1 aliphatic heterocycles. The Morgan fingerprint density at radius 2 is 2.13 bits per heavy atom. The summed E-state index contributed by atoms with van der Waals surface area (Å²) in [7, 11) is 0. The Hall–Kier alpha value is -2.24. The molecule has 23 heavy (non-hydrogen) atoms. The molecule has 1 aromatic heterocycles. The number of aliphatic hydroxyl groups is 1. The molecule has 0 amide bonds. The van der Waals surface area contributed by atoms with Gasteiger partial charge in [-0.15, -0.1) is 11.3 Å². The van der Waals surface area contributed by atoms with Gasteiger partial charge >= 0.3 is 5.97 Å². The monoisotopic (exact) mass is 325 g/mol. The van der Waals surface area contributed by atoms with Crippen molar-refractivity contribution in [3.63, 3.8) is 0 Å². The van der Waals surface area contributed by atoms with Crippen molar-refractivity contribution >= 4 is 27.5 Å². The first-order valence-corrected chi connectivity index (χ1v) is 8.31. The van der Waals surface area contributed by atoms with E-state index in [1.165, 1.54) is 11.3 Å². The van der Waals surface area contributed by atoms with Crippen LogP contribution in [0.15, 0.2) is 42.5 Å². The Labute approximate surface area is 137 Å². The molecule has 0 fully saturated rings. The molecule has 5 heteroatoms. The molecule has 0 saturated carbocycles. The van der Waals surface area contributed by atoms with Crippen LogP contribution in [0.4, 0.5) is 0 Å². The number of hydrogen-bond acceptors (Lipinski definition) is 5. The van der Waals surface area contributed by atoms with Crippen molar-refractivity contribution in [1.82, 2.24) is 4.98 Å². The highest BCUT2D eigenvalue weighted by Crippen LogP contribution is 2.37. The van der Waals surface area contributed by atoms with E-state index in [0.29, 0.717) is 12.2 Å². The highest BCUT2D eigenvalue weighted by atomic mass is 32.1. The molecule has 2 aromatic carbocycles. The van der Waals surface area contributed by atoms with Crippen molar-refractivity contribution < 1.29 is 14.6 Å². The molecule has 116 valence electrons.